The van der Waals surface area contributed by atoms with Crippen molar-refractivity contribution in [3.8, 4) is 5.75 Å². The lowest BCUT2D eigenvalue weighted by Gasteiger charge is -2.22. The lowest BCUT2D eigenvalue weighted by molar-refractivity contribution is 0.203. The summed E-state index contributed by atoms with van der Waals surface area (Å²) in [6.07, 6.45) is 2.00. The third-order valence-electron chi connectivity index (χ3n) is 2.83. The second-order valence-corrected chi connectivity index (χ2v) is 4.22. The quantitative estimate of drug-likeness (QED) is 0.883. The summed E-state index contributed by atoms with van der Waals surface area (Å²) in [5.41, 5.74) is 0. The molecule has 0 aliphatic carbocycles. The van der Waals surface area contributed by atoms with Crippen LogP contribution in [0.3, 0.4) is 0 Å². The smallest absolute Gasteiger partial charge is 0.190 e. The van der Waals surface area contributed by atoms with Gasteiger partial charge in [-0.2, -0.15) is 0 Å². The molecule has 0 radical (unpaired) electrons. The van der Waals surface area contributed by atoms with E-state index < -0.39 is 23.2 Å². The van der Waals surface area contributed by atoms with Crippen LogP contribution in [-0.4, -0.2) is 19.7 Å². The number of piperidine rings is 1. The maximum Gasteiger partial charge on any atom is 0.190 e. The number of hydrogen-bond donors (Lipinski definition) is 1. The number of halogens is 3. The first-order valence-corrected chi connectivity index (χ1v) is 5.65. The first-order chi connectivity index (χ1) is 8.16. The van der Waals surface area contributed by atoms with E-state index in [4.69, 9.17) is 4.74 Å². The standard InChI is InChI=1S/C12H14F3NO/c13-9-4-10(14)12(11(15)5-9)17-7-8-2-1-3-16-6-8/h4-5,8,16H,1-3,6-7H2. The minimum absolute atomic E-state index is 0.243. The molecule has 1 aliphatic rings. The SMILES string of the molecule is Fc1cc(F)c(OCC2CCCNC2)c(F)c1. The highest BCUT2D eigenvalue weighted by Gasteiger charge is 2.17. The largest absolute Gasteiger partial charge is 0.487 e. The Labute approximate surface area is 97.8 Å². The number of hydrogen-bond acceptors (Lipinski definition) is 2. The zero-order chi connectivity index (χ0) is 12.3. The fraction of sp³-hybridized carbons (Fsp3) is 0.500. The predicted molar refractivity (Wildman–Crippen MR) is 57.4 cm³/mol. The van der Waals surface area contributed by atoms with Crippen molar-refractivity contribution < 1.29 is 17.9 Å². The summed E-state index contributed by atoms with van der Waals surface area (Å²) in [5.74, 6) is -3.17. The van der Waals surface area contributed by atoms with E-state index >= 15 is 0 Å². The third-order valence-corrected chi connectivity index (χ3v) is 2.83. The van der Waals surface area contributed by atoms with Crippen LogP contribution >= 0.6 is 0 Å². The van der Waals surface area contributed by atoms with Crippen molar-refractivity contribution in [1.29, 1.82) is 0 Å². The number of benzene rings is 1. The molecule has 0 saturated carbocycles. The van der Waals surface area contributed by atoms with Gasteiger partial charge >= 0.3 is 0 Å². The Morgan fingerprint density at radius 3 is 2.53 bits per heavy atom. The Kier molecular flexibility index (Phi) is 3.89. The van der Waals surface area contributed by atoms with Crippen LogP contribution in [0, 0.1) is 23.4 Å². The van der Waals surface area contributed by atoms with Gasteiger partial charge in [0, 0.05) is 24.6 Å². The molecule has 0 aromatic heterocycles. The van der Waals surface area contributed by atoms with Crippen LogP contribution in [0.15, 0.2) is 12.1 Å². The van der Waals surface area contributed by atoms with Gasteiger partial charge < -0.3 is 10.1 Å². The van der Waals surface area contributed by atoms with Gasteiger partial charge in [-0.3, -0.25) is 0 Å². The van der Waals surface area contributed by atoms with Crippen molar-refractivity contribution in [3.63, 3.8) is 0 Å². The Morgan fingerprint density at radius 2 is 1.94 bits per heavy atom. The van der Waals surface area contributed by atoms with Crippen LogP contribution in [0.25, 0.3) is 0 Å². The van der Waals surface area contributed by atoms with Crippen molar-refractivity contribution in [3.05, 3.63) is 29.6 Å². The van der Waals surface area contributed by atoms with Crippen molar-refractivity contribution in [2.45, 2.75) is 12.8 Å². The Balaban J connectivity index is 1.98. The molecular formula is C12H14F3NO. The fourth-order valence-corrected chi connectivity index (χ4v) is 1.93. The molecule has 1 aliphatic heterocycles. The van der Waals surface area contributed by atoms with Gasteiger partial charge in [0.15, 0.2) is 17.4 Å². The lowest BCUT2D eigenvalue weighted by Crippen LogP contribution is -2.33. The van der Waals surface area contributed by atoms with Gasteiger partial charge in [-0.05, 0) is 19.4 Å². The summed E-state index contributed by atoms with van der Waals surface area (Å²) < 4.78 is 44.3. The number of rotatable bonds is 3. The van der Waals surface area contributed by atoms with E-state index in [0.29, 0.717) is 12.1 Å². The number of ether oxygens (including phenoxy) is 1. The molecule has 0 spiro atoms. The summed E-state index contributed by atoms with van der Waals surface area (Å²) in [4.78, 5) is 0. The zero-order valence-electron chi connectivity index (χ0n) is 9.31. The first kappa shape index (κ1) is 12.2. The molecule has 1 aromatic carbocycles. The van der Waals surface area contributed by atoms with Crippen LogP contribution in [0.2, 0.25) is 0 Å². The highest BCUT2D eigenvalue weighted by atomic mass is 19.1. The second-order valence-electron chi connectivity index (χ2n) is 4.22. The Morgan fingerprint density at radius 1 is 1.24 bits per heavy atom. The van der Waals surface area contributed by atoms with E-state index in [-0.39, 0.29) is 12.5 Å². The van der Waals surface area contributed by atoms with Crippen LogP contribution in [0.1, 0.15) is 12.8 Å². The molecule has 0 amide bonds. The molecule has 1 unspecified atom stereocenters. The fourth-order valence-electron chi connectivity index (χ4n) is 1.93. The molecule has 1 saturated heterocycles. The molecule has 1 aromatic rings. The summed E-state index contributed by atoms with van der Waals surface area (Å²) in [5, 5.41) is 3.18. The maximum atomic E-state index is 13.2. The van der Waals surface area contributed by atoms with Crippen molar-refractivity contribution in [2.75, 3.05) is 19.7 Å². The normalized spacial score (nSPS) is 20.3. The Hall–Kier alpha value is -1.23. The summed E-state index contributed by atoms with van der Waals surface area (Å²) in [6, 6.07) is 1.25. The average Bonchev–Trinajstić information content (AvgIpc) is 2.29. The first-order valence-electron chi connectivity index (χ1n) is 5.65. The van der Waals surface area contributed by atoms with E-state index in [0.717, 1.165) is 25.9 Å². The minimum Gasteiger partial charge on any atom is -0.487 e. The molecule has 1 heterocycles. The van der Waals surface area contributed by atoms with Crippen LogP contribution in [-0.2, 0) is 0 Å². The summed E-state index contributed by atoms with van der Waals surface area (Å²) in [7, 11) is 0. The van der Waals surface area contributed by atoms with E-state index in [1.807, 2.05) is 0 Å². The van der Waals surface area contributed by atoms with E-state index in [1.54, 1.807) is 0 Å². The van der Waals surface area contributed by atoms with E-state index in [1.165, 1.54) is 0 Å². The minimum atomic E-state index is -0.994. The van der Waals surface area contributed by atoms with Gasteiger partial charge in [0.2, 0.25) is 0 Å². The molecule has 1 fully saturated rings. The van der Waals surface area contributed by atoms with E-state index in [9.17, 15) is 13.2 Å². The third kappa shape index (κ3) is 3.12. The van der Waals surface area contributed by atoms with Crippen LogP contribution in [0.4, 0.5) is 13.2 Å². The van der Waals surface area contributed by atoms with Crippen molar-refractivity contribution in [2.24, 2.45) is 5.92 Å². The maximum absolute atomic E-state index is 13.2. The second kappa shape index (κ2) is 5.40. The predicted octanol–water partition coefficient (Wildman–Crippen LogP) is 2.48. The monoisotopic (exact) mass is 245 g/mol. The molecule has 94 valence electrons. The highest BCUT2D eigenvalue weighted by Crippen LogP contribution is 2.24. The highest BCUT2D eigenvalue weighted by molar-refractivity contribution is 5.26. The van der Waals surface area contributed by atoms with Crippen molar-refractivity contribution >= 4 is 0 Å². The van der Waals surface area contributed by atoms with Crippen LogP contribution < -0.4 is 10.1 Å². The molecule has 2 nitrogen and oxygen atoms in total. The van der Waals surface area contributed by atoms with Gasteiger partial charge in [0.25, 0.3) is 0 Å². The summed E-state index contributed by atoms with van der Waals surface area (Å²) in [6.45, 7) is 1.99. The van der Waals surface area contributed by atoms with E-state index in [2.05, 4.69) is 5.32 Å². The molecule has 1 atom stereocenters. The summed E-state index contributed by atoms with van der Waals surface area (Å²) >= 11 is 0. The molecule has 2 rings (SSSR count). The zero-order valence-corrected chi connectivity index (χ0v) is 9.31. The average molecular weight is 245 g/mol. The van der Waals surface area contributed by atoms with Crippen molar-refractivity contribution in [1.82, 2.24) is 5.32 Å². The molecular weight excluding hydrogens is 231 g/mol. The topological polar surface area (TPSA) is 21.3 Å². The number of nitrogens with one attached hydrogen (secondary N) is 1. The molecule has 17 heavy (non-hydrogen) atoms. The van der Waals surface area contributed by atoms with Gasteiger partial charge in [-0.25, -0.2) is 13.2 Å². The molecule has 0 bridgehead atoms. The lowest BCUT2D eigenvalue weighted by atomic mass is 10.0. The van der Waals surface area contributed by atoms with Gasteiger partial charge in [0.1, 0.15) is 5.82 Å². The van der Waals surface area contributed by atoms with Crippen LogP contribution in [0.5, 0.6) is 5.75 Å². The molecule has 5 heteroatoms. The van der Waals surface area contributed by atoms with Gasteiger partial charge in [-0.1, -0.05) is 0 Å². The Bertz CT molecular complexity index is 368. The molecule has 1 N–H and O–H groups in total. The van der Waals surface area contributed by atoms with Gasteiger partial charge in [-0.15, -0.1) is 0 Å². The van der Waals surface area contributed by atoms with Gasteiger partial charge in [0.05, 0.1) is 6.61 Å².